The molecular weight excluding hydrogens is 326 g/mol. The first-order chi connectivity index (χ1) is 12.8. The average Bonchev–Trinajstić information content (AvgIpc) is 3.39. The van der Waals surface area contributed by atoms with Gasteiger partial charge in [0.25, 0.3) is 5.91 Å². The lowest BCUT2D eigenvalue weighted by atomic mass is 10.1. The van der Waals surface area contributed by atoms with Crippen LogP contribution in [-0.4, -0.2) is 39.8 Å². The lowest BCUT2D eigenvalue weighted by molar-refractivity contribution is 0.0951. The van der Waals surface area contributed by atoms with E-state index in [9.17, 15) is 4.79 Å². The molecule has 0 bridgehead atoms. The third kappa shape index (κ3) is 3.44. The molecule has 1 fully saturated rings. The fourth-order valence-corrected chi connectivity index (χ4v) is 3.42. The van der Waals surface area contributed by atoms with Gasteiger partial charge in [-0.25, -0.2) is 0 Å². The first kappa shape index (κ1) is 16.3. The van der Waals surface area contributed by atoms with E-state index in [1.807, 2.05) is 65.5 Å². The van der Waals surface area contributed by atoms with Crippen molar-refractivity contribution in [3.8, 4) is 5.69 Å². The summed E-state index contributed by atoms with van der Waals surface area (Å²) in [5, 5.41) is 11.2. The van der Waals surface area contributed by atoms with Gasteiger partial charge in [-0.15, -0.1) is 5.10 Å². The number of rotatable bonds is 5. The summed E-state index contributed by atoms with van der Waals surface area (Å²) >= 11 is 0. The van der Waals surface area contributed by atoms with Gasteiger partial charge >= 0.3 is 0 Å². The highest BCUT2D eigenvalue weighted by Gasteiger charge is 2.26. The van der Waals surface area contributed by atoms with Crippen molar-refractivity contribution in [2.75, 3.05) is 18.0 Å². The van der Waals surface area contributed by atoms with Crippen LogP contribution in [-0.2, 0) is 0 Å². The zero-order valence-corrected chi connectivity index (χ0v) is 14.5. The average molecular weight is 347 g/mol. The van der Waals surface area contributed by atoms with Crippen molar-refractivity contribution in [1.82, 2.24) is 20.1 Å². The van der Waals surface area contributed by atoms with Crippen LogP contribution >= 0.6 is 0 Å². The van der Waals surface area contributed by atoms with Gasteiger partial charge in [-0.1, -0.05) is 6.07 Å². The van der Waals surface area contributed by atoms with E-state index >= 15 is 0 Å². The number of carbonyl (C=O) groups excluding carboxylic acids is 1. The zero-order chi connectivity index (χ0) is 17.8. The summed E-state index contributed by atoms with van der Waals surface area (Å²) in [6, 6.07) is 15.7. The maximum absolute atomic E-state index is 12.6. The molecule has 0 aliphatic carbocycles. The maximum atomic E-state index is 12.6. The van der Waals surface area contributed by atoms with Crippen molar-refractivity contribution in [1.29, 1.82) is 0 Å². The Bertz CT molecular complexity index is 863. The minimum atomic E-state index is -0.0509. The largest absolute Gasteiger partial charge is 0.350 e. The molecule has 0 radical (unpaired) electrons. The number of benzene rings is 1. The number of carbonyl (C=O) groups is 1. The fraction of sp³-hybridized carbons (Fsp3) is 0.250. The van der Waals surface area contributed by atoms with E-state index in [1.54, 1.807) is 6.20 Å². The van der Waals surface area contributed by atoms with Crippen molar-refractivity contribution in [3.63, 3.8) is 0 Å². The van der Waals surface area contributed by atoms with Crippen LogP contribution in [0, 0.1) is 0 Å². The van der Waals surface area contributed by atoms with Gasteiger partial charge in [-0.2, -0.15) is 5.10 Å². The number of hydrogen-bond acceptors (Lipinski definition) is 4. The monoisotopic (exact) mass is 347 g/mol. The van der Waals surface area contributed by atoms with Gasteiger partial charge in [0, 0.05) is 49.0 Å². The molecule has 1 aliphatic rings. The summed E-state index contributed by atoms with van der Waals surface area (Å²) in [7, 11) is 0. The Balaban J connectivity index is 1.42. The number of hydrogen-bond donors (Lipinski definition) is 1. The van der Waals surface area contributed by atoms with Gasteiger partial charge in [0.1, 0.15) is 0 Å². The number of anilines is 1. The van der Waals surface area contributed by atoms with Gasteiger partial charge in [-0.3, -0.25) is 4.79 Å². The Labute approximate surface area is 152 Å². The van der Waals surface area contributed by atoms with Gasteiger partial charge in [0.05, 0.1) is 0 Å². The maximum Gasteiger partial charge on any atom is 0.251 e. The number of amides is 1. The van der Waals surface area contributed by atoms with E-state index in [4.69, 9.17) is 0 Å². The van der Waals surface area contributed by atoms with E-state index in [1.165, 1.54) is 0 Å². The quantitative estimate of drug-likeness (QED) is 0.771. The molecule has 2 aromatic heterocycles. The standard InChI is InChI=1S/C20H21N5O/c26-20(16-6-3-7-17(14-16)24-11-1-2-12-24)21-15-18-8-5-13-25(18)19-9-4-10-22-23-19/h1-4,6-7,9-12,14,18H,5,8,13,15H2,(H,21,26)/t18-/m1/s1. The molecule has 3 heterocycles. The molecule has 26 heavy (non-hydrogen) atoms. The van der Waals surface area contributed by atoms with E-state index in [2.05, 4.69) is 20.4 Å². The Kier molecular flexibility index (Phi) is 4.64. The summed E-state index contributed by atoms with van der Waals surface area (Å²) in [6.45, 7) is 1.55. The Morgan fingerprint density at radius 1 is 1.15 bits per heavy atom. The van der Waals surface area contributed by atoms with Gasteiger partial charge in [0.15, 0.2) is 5.82 Å². The van der Waals surface area contributed by atoms with Crippen molar-refractivity contribution in [3.05, 3.63) is 72.7 Å². The highest BCUT2D eigenvalue weighted by Crippen LogP contribution is 2.22. The van der Waals surface area contributed by atoms with Gasteiger partial charge < -0.3 is 14.8 Å². The van der Waals surface area contributed by atoms with E-state index < -0.39 is 0 Å². The molecule has 0 unspecified atom stereocenters. The highest BCUT2D eigenvalue weighted by molar-refractivity contribution is 5.94. The minimum Gasteiger partial charge on any atom is -0.350 e. The molecule has 1 atom stereocenters. The van der Waals surface area contributed by atoms with Crippen LogP contribution in [0.25, 0.3) is 5.69 Å². The van der Waals surface area contributed by atoms with Crippen LogP contribution in [0.15, 0.2) is 67.1 Å². The molecule has 4 rings (SSSR count). The first-order valence-corrected chi connectivity index (χ1v) is 8.87. The molecule has 1 aromatic carbocycles. The van der Waals surface area contributed by atoms with Crippen LogP contribution in [0.4, 0.5) is 5.82 Å². The predicted molar refractivity (Wildman–Crippen MR) is 101 cm³/mol. The Hall–Kier alpha value is -3.15. The van der Waals surface area contributed by atoms with Crippen molar-refractivity contribution >= 4 is 11.7 Å². The van der Waals surface area contributed by atoms with Crippen molar-refractivity contribution in [2.24, 2.45) is 0 Å². The van der Waals surface area contributed by atoms with E-state index in [0.717, 1.165) is 30.9 Å². The van der Waals surface area contributed by atoms with Crippen LogP contribution in [0.1, 0.15) is 23.2 Å². The third-order valence-electron chi connectivity index (χ3n) is 4.74. The summed E-state index contributed by atoms with van der Waals surface area (Å²) in [5.41, 5.74) is 1.64. The predicted octanol–water partition coefficient (Wildman–Crippen LogP) is 2.67. The second-order valence-electron chi connectivity index (χ2n) is 6.42. The van der Waals surface area contributed by atoms with Gasteiger partial charge in [0.2, 0.25) is 0 Å². The second-order valence-corrected chi connectivity index (χ2v) is 6.42. The molecule has 1 N–H and O–H groups in total. The Morgan fingerprint density at radius 2 is 2.04 bits per heavy atom. The molecule has 0 saturated carbocycles. The molecule has 1 amide bonds. The first-order valence-electron chi connectivity index (χ1n) is 8.87. The fourth-order valence-electron chi connectivity index (χ4n) is 3.42. The summed E-state index contributed by atoms with van der Waals surface area (Å²) in [6.07, 6.45) is 7.75. The summed E-state index contributed by atoms with van der Waals surface area (Å²) in [4.78, 5) is 14.8. The number of nitrogens with zero attached hydrogens (tertiary/aromatic N) is 4. The van der Waals surface area contributed by atoms with Crippen LogP contribution < -0.4 is 10.2 Å². The van der Waals surface area contributed by atoms with E-state index in [0.29, 0.717) is 12.1 Å². The highest BCUT2D eigenvalue weighted by atomic mass is 16.1. The summed E-state index contributed by atoms with van der Waals surface area (Å²) < 4.78 is 1.99. The lowest BCUT2D eigenvalue weighted by Crippen LogP contribution is -2.40. The molecule has 6 heteroatoms. The number of aromatic nitrogens is 3. The number of nitrogens with one attached hydrogen (secondary N) is 1. The Morgan fingerprint density at radius 3 is 2.85 bits per heavy atom. The van der Waals surface area contributed by atoms with Crippen LogP contribution in [0.5, 0.6) is 0 Å². The summed E-state index contributed by atoms with van der Waals surface area (Å²) in [5.74, 6) is 0.823. The molecule has 0 spiro atoms. The van der Waals surface area contributed by atoms with Crippen molar-refractivity contribution in [2.45, 2.75) is 18.9 Å². The van der Waals surface area contributed by atoms with Crippen LogP contribution in [0.2, 0.25) is 0 Å². The minimum absolute atomic E-state index is 0.0509. The normalized spacial score (nSPS) is 16.6. The molecule has 3 aromatic rings. The zero-order valence-electron chi connectivity index (χ0n) is 14.5. The van der Waals surface area contributed by atoms with Crippen molar-refractivity contribution < 1.29 is 4.79 Å². The molecular formula is C20H21N5O. The van der Waals surface area contributed by atoms with Crippen LogP contribution in [0.3, 0.4) is 0 Å². The third-order valence-corrected chi connectivity index (χ3v) is 4.74. The molecule has 1 aliphatic heterocycles. The second kappa shape index (κ2) is 7.39. The SMILES string of the molecule is O=C(NC[C@H]1CCCN1c1cccnn1)c1cccc(-n2cccc2)c1. The lowest BCUT2D eigenvalue weighted by Gasteiger charge is -2.25. The van der Waals surface area contributed by atoms with Gasteiger partial charge in [-0.05, 0) is 55.3 Å². The topological polar surface area (TPSA) is 63.1 Å². The molecule has 6 nitrogen and oxygen atoms in total. The molecule has 132 valence electrons. The smallest absolute Gasteiger partial charge is 0.251 e. The van der Waals surface area contributed by atoms with E-state index in [-0.39, 0.29) is 11.9 Å². The molecule has 1 saturated heterocycles.